The monoisotopic (exact) mass is 380 g/mol. The van der Waals surface area contributed by atoms with E-state index >= 15 is 0 Å². The van der Waals surface area contributed by atoms with Crippen molar-refractivity contribution in [3.8, 4) is 0 Å². The third-order valence-electron chi connectivity index (χ3n) is 4.77. The molecule has 2 aromatic rings. The molecular formula is C22H24N2O4. The molecule has 2 N–H and O–H groups in total. The lowest BCUT2D eigenvalue weighted by Crippen LogP contribution is -2.53. The highest BCUT2D eigenvalue weighted by Gasteiger charge is 2.32. The Labute approximate surface area is 164 Å². The van der Waals surface area contributed by atoms with Gasteiger partial charge >= 0.3 is 12.2 Å². The van der Waals surface area contributed by atoms with E-state index in [0.717, 1.165) is 11.1 Å². The van der Waals surface area contributed by atoms with Gasteiger partial charge in [0.25, 0.3) is 0 Å². The number of amides is 2. The molecule has 0 saturated heterocycles. The van der Waals surface area contributed by atoms with E-state index in [1.807, 2.05) is 72.8 Å². The van der Waals surface area contributed by atoms with Crippen molar-refractivity contribution in [2.24, 2.45) is 0 Å². The van der Waals surface area contributed by atoms with Crippen molar-refractivity contribution < 1.29 is 19.4 Å². The Kier molecular flexibility index (Phi) is 6.68. The molecule has 0 fully saturated rings. The summed E-state index contributed by atoms with van der Waals surface area (Å²) in [6.45, 7) is 0.464. The lowest BCUT2D eigenvalue weighted by Gasteiger charge is -2.33. The van der Waals surface area contributed by atoms with Crippen LogP contribution >= 0.6 is 0 Å². The second-order valence-electron chi connectivity index (χ2n) is 6.71. The van der Waals surface area contributed by atoms with Crippen molar-refractivity contribution in [1.29, 1.82) is 0 Å². The lowest BCUT2D eigenvalue weighted by atomic mass is 9.96. The van der Waals surface area contributed by atoms with Gasteiger partial charge in [0, 0.05) is 6.54 Å². The van der Waals surface area contributed by atoms with E-state index in [4.69, 9.17) is 4.74 Å². The van der Waals surface area contributed by atoms with Crippen LogP contribution in [-0.4, -0.2) is 40.8 Å². The molecular weight excluding hydrogens is 356 g/mol. The number of carbonyl (C=O) groups excluding carboxylic acids is 1. The molecule has 0 saturated carbocycles. The van der Waals surface area contributed by atoms with Gasteiger partial charge in [-0.05, 0) is 24.0 Å². The van der Waals surface area contributed by atoms with Crippen LogP contribution in [0.1, 0.15) is 17.5 Å². The fourth-order valence-corrected chi connectivity index (χ4v) is 3.34. The maximum Gasteiger partial charge on any atom is 0.407 e. The first-order valence-electron chi connectivity index (χ1n) is 9.29. The fraction of sp³-hybridized carbons (Fsp3) is 0.273. The molecule has 0 aliphatic carbocycles. The predicted molar refractivity (Wildman–Crippen MR) is 106 cm³/mol. The minimum Gasteiger partial charge on any atom is -0.465 e. The molecule has 6 nitrogen and oxygen atoms in total. The van der Waals surface area contributed by atoms with Crippen LogP contribution < -0.4 is 5.32 Å². The van der Waals surface area contributed by atoms with Crippen molar-refractivity contribution >= 4 is 12.2 Å². The Balaban J connectivity index is 1.70. The van der Waals surface area contributed by atoms with Crippen LogP contribution in [0.4, 0.5) is 9.59 Å². The Morgan fingerprint density at radius 2 is 1.64 bits per heavy atom. The molecule has 3 rings (SSSR count). The Morgan fingerprint density at radius 3 is 2.29 bits per heavy atom. The summed E-state index contributed by atoms with van der Waals surface area (Å²) in [5.41, 5.74) is 1.91. The molecule has 2 amide bonds. The van der Waals surface area contributed by atoms with Gasteiger partial charge in [-0.3, -0.25) is 4.90 Å². The first kappa shape index (κ1) is 19.5. The number of rotatable bonds is 5. The van der Waals surface area contributed by atoms with Gasteiger partial charge in [0.2, 0.25) is 0 Å². The molecule has 1 aliphatic heterocycles. The molecule has 0 radical (unpaired) electrons. The van der Waals surface area contributed by atoms with E-state index < -0.39 is 12.2 Å². The summed E-state index contributed by atoms with van der Waals surface area (Å²) in [6.07, 6.45) is 3.23. The van der Waals surface area contributed by atoms with Crippen LogP contribution in [0.2, 0.25) is 0 Å². The largest absolute Gasteiger partial charge is 0.465 e. The summed E-state index contributed by atoms with van der Waals surface area (Å²) in [5.74, 6) is 0. The van der Waals surface area contributed by atoms with Crippen LogP contribution in [0, 0.1) is 0 Å². The van der Waals surface area contributed by atoms with Crippen molar-refractivity contribution in [2.45, 2.75) is 31.5 Å². The third kappa shape index (κ3) is 5.36. The van der Waals surface area contributed by atoms with Gasteiger partial charge in [-0.2, -0.15) is 0 Å². The first-order valence-corrected chi connectivity index (χ1v) is 9.29. The number of carbonyl (C=O) groups is 2. The Hall–Kier alpha value is -3.28. The second-order valence-corrected chi connectivity index (χ2v) is 6.71. The number of nitrogens with zero attached hydrogens (tertiary/aromatic N) is 1. The molecule has 2 atom stereocenters. The van der Waals surface area contributed by atoms with E-state index in [2.05, 4.69) is 5.32 Å². The van der Waals surface area contributed by atoms with Gasteiger partial charge < -0.3 is 15.2 Å². The smallest absolute Gasteiger partial charge is 0.407 e. The summed E-state index contributed by atoms with van der Waals surface area (Å²) in [7, 11) is 0. The van der Waals surface area contributed by atoms with Gasteiger partial charge in [-0.25, -0.2) is 9.59 Å². The normalized spacial score (nSPS) is 18.9. The molecule has 2 aromatic carbocycles. The van der Waals surface area contributed by atoms with Crippen molar-refractivity contribution in [3.63, 3.8) is 0 Å². The van der Waals surface area contributed by atoms with Crippen LogP contribution in [0.15, 0.2) is 72.8 Å². The van der Waals surface area contributed by atoms with Crippen LogP contribution in [0.25, 0.3) is 0 Å². The summed E-state index contributed by atoms with van der Waals surface area (Å²) in [5, 5.41) is 12.5. The average Bonchev–Trinajstić information content (AvgIpc) is 2.90. The molecule has 2 unspecified atom stereocenters. The molecule has 146 valence electrons. The number of carboxylic acid groups (broad SMARTS) is 1. The fourth-order valence-electron chi connectivity index (χ4n) is 3.34. The van der Waals surface area contributed by atoms with Crippen molar-refractivity contribution in [3.05, 3.63) is 83.9 Å². The summed E-state index contributed by atoms with van der Waals surface area (Å²) < 4.78 is 5.33. The van der Waals surface area contributed by atoms with Crippen LogP contribution in [-0.2, 0) is 17.8 Å². The highest BCUT2D eigenvalue weighted by Crippen LogP contribution is 2.19. The summed E-state index contributed by atoms with van der Waals surface area (Å²) in [4.78, 5) is 25.5. The average molecular weight is 380 g/mol. The summed E-state index contributed by atoms with van der Waals surface area (Å²) in [6, 6.07) is 18.3. The maximum atomic E-state index is 12.3. The summed E-state index contributed by atoms with van der Waals surface area (Å²) >= 11 is 0. The number of alkyl carbamates (subject to hydrolysis) is 1. The third-order valence-corrected chi connectivity index (χ3v) is 4.77. The van der Waals surface area contributed by atoms with Gasteiger partial charge in [-0.15, -0.1) is 0 Å². The van der Waals surface area contributed by atoms with E-state index in [0.29, 0.717) is 19.4 Å². The Bertz CT molecular complexity index is 808. The maximum absolute atomic E-state index is 12.3. The number of benzene rings is 2. The van der Waals surface area contributed by atoms with E-state index in [9.17, 15) is 14.7 Å². The molecule has 28 heavy (non-hydrogen) atoms. The number of hydrogen-bond donors (Lipinski definition) is 2. The number of ether oxygens (including phenoxy) is 1. The minimum atomic E-state index is -1.00. The van der Waals surface area contributed by atoms with Crippen LogP contribution in [0.3, 0.4) is 0 Å². The van der Waals surface area contributed by atoms with E-state index in [1.54, 1.807) is 0 Å². The molecule has 0 spiro atoms. The Morgan fingerprint density at radius 1 is 1.00 bits per heavy atom. The topological polar surface area (TPSA) is 78.9 Å². The van der Waals surface area contributed by atoms with Crippen molar-refractivity contribution in [1.82, 2.24) is 10.2 Å². The molecule has 1 heterocycles. The number of hydrogen-bond acceptors (Lipinski definition) is 3. The second kappa shape index (κ2) is 9.60. The van der Waals surface area contributed by atoms with Gasteiger partial charge in [0.15, 0.2) is 0 Å². The quantitative estimate of drug-likeness (QED) is 0.773. The highest BCUT2D eigenvalue weighted by atomic mass is 16.5. The SMILES string of the molecule is O=C(NC1CC=CCN(C(=O)O)C1Cc1ccccc1)OCc1ccccc1. The standard InChI is InChI=1S/C22H24N2O4/c25-21(28-16-18-11-5-2-6-12-18)23-19-13-7-8-14-24(22(26)27)20(19)15-17-9-3-1-4-10-17/h1-12,19-20H,13-16H2,(H,23,25)(H,26,27). The molecule has 0 bridgehead atoms. The highest BCUT2D eigenvalue weighted by molar-refractivity contribution is 5.69. The molecule has 0 aromatic heterocycles. The lowest BCUT2D eigenvalue weighted by molar-refractivity contribution is 0.107. The van der Waals surface area contributed by atoms with Gasteiger partial charge in [-0.1, -0.05) is 72.8 Å². The minimum absolute atomic E-state index is 0.168. The first-order chi connectivity index (χ1) is 13.6. The molecule has 6 heteroatoms. The van der Waals surface area contributed by atoms with E-state index in [-0.39, 0.29) is 18.7 Å². The molecule has 1 aliphatic rings. The van der Waals surface area contributed by atoms with E-state index in [1.165, 1.54) is 4.90 Å². The predicted octanol–water partition coefficient (Wildman–Crippen LogP) is 3.83. The van der Waals surface area contributed by atoms with Gasteiger partial charge in [0.1, 0.15) is 6.61 Å². The van der Waals surface area contributed by atoms with Crippen molar-refractivity contribution in [2.75, 3.05) is 6.54 Å². The van der Waals surface area contributed by atoms with Crippen LogP contribution in [0.5, 0.6) is 0 Å². The zero-order chi connectivity index (χ0) is 19.8. The number of nitrogens with one attached hydrogen (secondary N) is 1. The zero-order valence-corrected chi connectivity index (χ0v) is 15.5. The zero-order valence-electron chi connectivity index (χ0n) is 15.5. The van der Waals surface area contributed by atoms with Gasteiger partial charge in [0.05, 0.1) is 12.1 Å².